The van der Waals surface area contributed by atoms with Gasteiger partial charge in [-0.1, -0.05) is 65.2 Å². The standard InChI is InChI=1S/C40H62O15/c1-6-8-9-10-11-12-33(43)54-38-27(21-34(44)48-5)20-31-24-32(26-41)51-36(46)22-28(42)14-18-49-19-15-29-23-30(25-35(45)50-17-7-2)53-37(52-29)13-16-39(3,4)40(38,47)55-31/h7,13,16,21,28-32,37-38,41-42,47H,2,6,8-12,14-15,17-20,22-26H2,1,3-5H3/b16-13+,27-21+/t28-,29?,30-,31?,32?,37-,38+,40-/m1/s1. The van der Waals surface area contributed by atoms with Crippen LogP contribution in [0.5, 0.6) is 0 Å². The Balaban J connectivity index is 2.04. The van der Waals surface area contributed by atoms with E-state index >= 15 is 0 Å². The van der Waals surface area contributed by atoms with E-state index in [4.69, 9.17) is 37.9 Å². The summed E-state index contributed by atoms with van der Waals surface area (Å²) in [4.78, 5) is 51.4. The highest BCUT2D eigenvalue weighted by Gasteiger charge is 2.57. The number of unbranched alkanes of at least 4 members (excludes halogenated alkanes) is 4. The third-order valence-electron chi connectivity index (χ3n) is 9.88. The van der Waals surface area contributed by atoms with Gasteiger partial charge in [0.05, 0.1) is 51.0 Å². The number of hydrogen-bond acceptors (Lipinski definition) is 15. The van der Waals surface area contributed by atoms with Gasteiger partial charge in [-0.05, 0) is 37.3 Å². The molecule has 3 aliphatic heterocycles. The van der Waals surface area contributed by atoms with Crippen molar-refractivity contribution in [2.45, 2.75) is 153 Å². The van der Waals surface area contributed by atoms with Crippen LogP contribution < -0.4 is 0 Å². The van der Waals surface area contributed by atoms with Crippen molar-refractivity contribution in [3.05, 3.63) is 36.5 Å². The van der Waals surface area contributed by atoms with E-state index in [9.17, 15) is 34.5 Å². The van der Waals surface area contributed by atoms with Crippen molar-refractivity contribution >= 4 is 23.9 Å². The quantitative estimate of drug-likeness (QED) is 0.0798. The fraction of sp³-hybridized carbons (Fsp3) is 0.750. The van der Waals surface area contributed by atoms with Gasteiger partial charge in [0.2, 0.25) is 5.79 Å². The van der Waals surface area contributed by atoms with Gasteiger partial charge in [-0.15, -0.1) is 0 Å². The van der Waals surface area contributed by atoms with Crippen molar-refractivity contribution in [1.29, 1.82) is 0 Å². The van der Waals surface area contributed by atoms with Crippen molar-refractivity contribution < 1.29 is 72.4 Å². The molecule has 3 heterocycles. The lowest BCUT2D eigenvalue weighted by Gasteiger charge is -2.51. The molecule has 0 aromatic carbocycles. The molecule has 0 radical (unpaired) electrons. The van der Waals surface area contributed by atoms with E-state index in [1.54, 1.807) is 26.0 Å². The van der Waals surface area contributed by atoms with Crippen molar-refractivity contribution in [1.82, 2.24) is 0 Å². The number of fused-ring (bicyclic) bond motifs is 4. The van der Waals surface area contributed by atoms with Crippen molar-refractivity contribution in [2.24, 2.45) is 5.41 Å². The molecule has 55 heavy (non-hydrogen) atoms. The first-order valence-electron chi connectivity index (χ1n) is 19.4. The van der Waals surface area contributed by atoms with Crippen molar-refractivity contribution in [2.75, 3.05) is 33.5 Å². The number of rotatable bonds is 13. The molecular weight excluding hydrogens is 720 g/mol. The van der Waals surface area contributed by atoms with Gasteiger partial charge in [0.15, 0.2) is 12.4 Å². The van der Waals surface area contributed by atoms with Gasteiger partial charge >= 0.3 is 23.9 Å². The Kier molecular flexibility index (Phi) is 19.4. The van der Waals surface area contributed by atoms with Gasteiger partial charge < -0.3 is 53.2 Å². The summed E-state index contributed by atoms with van der Waals surface area (Å²) in [7, 11) is 1.19. The van der Waals surface area contributed by atoms with Crippen LogP contribution in [0, 0.1) is 5.41 Å². The van der Waals surface area contributed by atoms with E-state index in [0.717, 1.165) is 31.8 Å². The van der Waals surface area contributed by atoms with Crippen LogP contribution in [0.2, 0.25) is 0 Å². The maximum Gasteiger partial charge on any atom is 0.330 e. The first-order chi connectivity index (χ1) is 26.2. The van der Waals surface area contributed by atoms with Crippen LogP contribution in [0.3, 0.4) is 0 Å². The topological polar surface area (TPSA) is 203 Å². The second kappa shape index (κ2) is 23.1. The third-order valence-corrected chi connectivity index (χ3v) is 9.88. The molecule has 3 aliphatic rings. The summed E-state index contributed by atoms with van der Waals surface area (Å²) >= 11 is 0. The maximum atomic E-state index is 13.3. The third kappa shape index (κ3) is 15.0. The number of ether oxygens (including phenoxy) is 8. The summed E-state index contributed by atoms with van der Waals surface area (Å²) in [5.74, 6) is -4.94. The highest BCUT2D eigenvalue weighted by Crippen LogP contribution is 2.47. The smallest absolute Gasteiger partial charge is 0.330 e. The highest BCUT2D eigenvalue weighted by molar-refractivity contribution is 5.83. The highest BCUT2D eigenvalue weighted by atomic mass is 16.7. The van der Waals surface area contributed by atoms with Crippen LogP contribution in [0.25, 0.3) is 0 Å². The van der Waals surface area contributed by atoms with E-state index in [1.807, 2.05) is 0 Å². The van der Waals surface area contributed by atoms with Gasteiger partial charge in [0.25, 0.3) is 0 Å². The Morgan fingerprint density at radius 2 is 1.73 bits per heavy atom. The minimum atomic E-state index is -2.35. The van der Waals surface area contributed by atoms with Crippen LogP contribution in [-0.2, 0) is 57.1 Å². The maximum absolute atomic E-state index is 13.3. The summed E-state index contributed by atoms with van der Waals surface area (Å²) < 4.78 is 46.1. The number of carbonyl (C=O) groups excluding carboxylic acids is 4. The number of methoxy groups -OCH3 is 1. The zero-order valence-electron chi connectivity index (χ0n) is 32.8. The molecule has 0 aliphatic carbocycles. The molecule has 3 N–H and O–H groups in total. The van der Waals surface area contributed by atoms with E-state index in [1.165, 1.54) is 13.2 Å². The van der Waals surface area contributed by atoms with Crippen LogP contribution in [0.1, 0.15) is 104 Å². The van der Waals surface area contributed by atoms with Gasteiger partial charge in [0, 0.05) is 44.0 Å². The zero-order chi connectivity index (χ0) is 40.4. The molecule has 8 atom stereocenters. The Labute approximate surface area is 324 Å². The van der Waals surface area contributed by atoms with Gasteiger partial charge in [-0.25, -0.2) is 4.79 Å². The summed E-state index contributed by atoms with van der Waals surface area (Å²) in [6.07, 6.45) is 3.96. The molecular formula is C40H62O15. The van der Waals surface area contributed by atoms with E-state index in [-0.39, 0.29) is 63.9 Å². The van der Waals surface area contributed by atoms with Gasteiger partial charge in [0.1, 0.15) is 12.7 Å². The average Bonchev–Trinajstić information content (AvgIpc) is 3.13. The molecule has 312 valence electrons. The number of cyclic esters (lactones) is 1. The predicted octanol–water partition coefficient (Wildman–Crippen LogP) is 3.89. The lowest BCUT2D eigenvalue weighted by atomic mass is 9.74. The first-order valence-corrected chi connectivity index (χ1v) is 19.4. The Morgan fingerprint density at radius 1 is 1.00 bits per heavy atom. The zero-order valence-corrected chi connectivity index (χ0v) is 32.8. The number of hydrogen-bond donors (Lipinski definition) is 3. The van der Waals surface area contributed by atoms with Gasteiger partial charge in [-0.3, -0.25) is 14.4 Å². The predicted molar refractivity (Wildman–Crippen MR) is 197 cm³/mol. The number of aliphatic hydroxyl groups excluding tert-OH is 2. The summed E-state index contributed by atoms with van der Waals surface area (Å²) in [6.45, 7) is 8.80. The van der Waals surface area contributed by atoms with Crippen LogP contribution >= 0.6 is 0 Å². The molecule has 0 saturated carbocycles. The van der Waals surface area contributed by atoms with Crippen LogP contribution in [-0.4, -0.2) is 121 Å². The molecule has 0 amide bonds. The Morgan fingerprint density at radius 3 is 2.44 bits per heavy atom. The fourth-order valence-corrected chi connectivity index (χ4v) is 6.74. The summed E-state index contributed by atoms with van der Waals surface area (Å²) in [5, 5.41) is 33.4. The monoisotopic (exact) mass is 782 g/mol. The van der Waals surface area contributed by atoms with E-state index in [2.05, 4.69) is 13.5 Å². The van der Waals surface area contributed by atoms with Crippen molar-refractivity contribution in [3.8, 4) is 0 Å². The second-order valence-electron chi connectivity index (χ2n) is 14.9. The van der Waals surface area contributed by atoms with E-state index in [0.29, 0.717) is 19.3 Å². The molecule has 3 rings (SSSR count). The number of aliphatic hydroxyl groups is 3. The summed E-state index contributed by atoms with van der Waals surface area (Å²) in [5.41, 5.74) is -1.22. The van der Waals surface area contributed by atoms with Crippen LogP contribution in [0.15, 0.2) is 36.5 Å². The molecule has 15 nitrogen and oxygen atoms in total. The fourth-order valence-electron chi connectivity index (χ4n) is 6.74. The minimum Gasteiger partial charge on any atom is -0.466 e. The largest absolute Gasteiger partial charge is 0.466 e. The second-order valence-corrected chi connectivity index (χ2v) is 14.9. The molecule has 2 fully saturated rings. The van der Waals surface area contributed by atoms with E-state index < -0.39 is 84.6 Å². The Hall–Kier alpha value is -3.18. The molecule has 15 heteroatoms. The molecule has 0 aromatic heterocycles. The molecule has 3 unspecified atom stereocenters. The van der Waals surface area contributed by atoms with Gasteiger partial charge in [-0.2, -0.15) is 0 Å². The van der Waals surface area contributed by atoms with Crippen LogP contribution in [0.4, 0.5) is 0 Å². The SMILES string of the molecule is C=CCOC(=O)C[C@H]1CC2CCOCC[C@@H](O)CC(=O)OC(CO)CC3C/C(=C\C(=O)OC)[C@H](OC(=O)CCCCCCC)[C@@](O)(O3)C(C)(C)/C=C/[C@H](O2)O1. The van der Waals surface area contributed by atoms with Crippen molar-refractivity contribution in [3.63, 3.8) is 0 Å². The molecule has 4 bridgehead atoms. The molecule has 0 aromatic rings. The summed E-state index contributed by atoms with van der Waals surface area (Å²) in [6, 6.07) is 0. The first kappa shape index (κ1) is 46.2. The lowest BCUT2D eigenvalue weighted by molar-refractivity contribution is -0.327. The minimum absolute atomic E-state index is 0.0516. The lowest BCUT2D eigenvalue weighted by Crippen LogP contribution is -2.62. The molecule has 0 spiro atoms. The normalized spacial score (nSPS) is 32.0. The number of esters is 4. The Bertz CT molecular complexity index is 1310. The molecule has 2 saturated heterocycles. The number of carbonyl (C=O) groups is 4. The average molecular weight is 783 g/mol.